The molecule has 2 aromatic rings. The lowest BCUT2D eigenvalue weighted by Crippen LogP contribution is -2.39. The van der Waals surface area contributed by atoms with Crippen LogP contribution < -0.4 is 5.32 Å². The molecule has 152 valence electrons. The van der Waals surface area contributed by atoms with Gasteiger partial charge in [0.25, 0.3) is 17.5 Å². The van der Waals surface area contributed by atoms with E-state index in [0.29, 0.717) is 13.1 Å². The lowest BCUT2D eigenvalue weighted by Gasteiger charge is -2.26. The van der Waals surface area contributed by atoms with Gasteiger partial charge in [0.15, 0.2) is 6.61 Å². The first-order valence-corrected chi connectivity index (χ1v) is 9.81. The van der Waals surface area contributed by atoms with Crippen molar-refractivity contribution in [3.05, 3.63) is 60.8 Å². The van der Waals surface area contributed by atoms with Crippen molar-refractivity contribution in [3.63, 3.8) is 0 Å². The van der Waals surface area contributed by atoms with Crippen LogP contribution in [0.4, 0.5) is 5.69 Å². The number of carbonyl (C=O) groups is 3. The molecule has 0 atom stereocenters. The average Bonchev–Trinajstić information content (AvgIpc) is 3.18. The quantitative estimate of drug-likeness (QED) is 0.420. The first-order chi connectivity index (χ1) is 13.8. The zero-order valence-electron chi connectivity index (χ0n) is 15.1. The molecule has 2 heterocycles. The number of nitrogens with one attached hydrogen (secondary N) is 1. The number of nitro benzene ring substituents is 1. The molecule has 0 spiro atoms. The van der Waals surface area contributed by atoms with Crippen molar-refractivity contribution in [2.24, 2.45) is 0 Å². The summed E-state index contributed by atoms with van der Waals surface area (Å²) in [7, 11) is 0. The number of esters is 1. The maximum Gasteiger partial charge on any atom is 0.325 e. The molecule has 0 bridgehead atoms. The Balaban J connectivity index is 1.45. The predicted molar refractivity (Wildman–Crippen MR) is 105 cm³/mol. The molecule has 1 aliphatic rings. The van der Waals surface area contributed by atoms with Crippen LogP contribution in [0.1, 0.15) is 20.8 Å². The van der Waals surface area contributed by atoms with Crippen molar-refractivity contribution in [1.82, 2.24) is 10.2 Å². The Morgan fingerprint density at radius 1 is 1.31 bits per heavy atom. The number of hydrogen-bond donors (Lipinski definition) is 1. The summed E-state index contributed by atoms with van der Waals surface area (Å²) in [6, 6.07) is 5.52. The average molecular weight is 438 g/mol. The Morgan fingerprint density at radius 3 is 2.86 bits per heavy atom. The second-order valence-electron chi connectivity index (χ2n) is 6.20. The molecule has 0 unspecified atom stereocenters. The topological polar surface area (TPSA) is 119 Å². The van der Waals surface area contributed by atoms with Crippen LogP contribution in [0.25, 0.3) is 0 Å². The minimum absolute atomic E-state index is 0.0233. The Labute approximate surface area is 174 Å². The maximum atomic E-state index is 12.2. The summed E-state index contributed by atoms with van der Waals surface area (Å²) in [6.45, 7) is 0.162. The number of nitro groups is 1. The smallest absolute Gasteiger partial charge is 0.325 e. The summed E-state index contributed by atoms with van der Waals surface area (Å²) >= 11 is 7.36. The Bertz CT molecular complexity index is 976. The van der Waals surface area contributed by atoms with Gasteiger partial charge in [-0.2, -0.15) is 0 Å². The van der Waals surface area contributed by atoms with Gasteiger partial charge < -0.3 is 15.0 Å². The van der Waals surface area contributed by atoms with E-state index in [1.54, 1.807) is 16.2 Å². The van der Waals surface area contributed by atoms with Crippen molar-refractivity contribution < 1.29 is 24.0 Å². The number of benzene rings is 1. The van der Waals surface area contributed by atoms with Crippen molar-refractivity contribution >= 4 is 46.4 Å². The molecule has 0 radical (unpaired) electrons. The molecule has 1 aliphatic heterocycles. The monoisotopic (exact) mass is 437 g/mol. The molecule has 1 aromatic carbocycles. The van der Waals surface area contributed by atoms with Gasteiger partial charge in [0.1, 0.15) is 11.6 Å². The third-order valence-electron chi connectivity index (χ3n) is 4.32. The highest BCUT2D eigenvalue weighted by atomic mass is 35.5. The lowest BCUT2D eigenvalue weighted by molar-refractivity contribution is -0.384. The molecule has 0 saturated heterocycles. The minimum Gasteiger partial charge on any atom is -0.454 e. The molecule has 11 heteroatoms. The SMILES string of the molecule is O=C(CNC(=O)c1ccc(Cl)c([N+](=O)[O-])c1)OCC(=O)N1CCc2sccc2C1. The van der Waals surface area contributed by atoms with Crippen molar-refractivity contribution in [3.8, 4) is 0 Å². The molecule has 1 aromatic heterocycles. The number of nitrogens with zero attached hydrogens (tertiary/aromatic N) is 2. The fourth-order valence-electron chi connectivity index (χ4n) is 2.79. The van der Waals surface area contributed by atoms with Crippen LogP contribution in [0.3, 0.4) is 0 Å². The highest BCUT2D eigenvalue weighted by Crippen LogP contribution is 2.25. The van der Waals surface area contributed by atoms with E-state index >= 15 is 0 Å². The van der Waals surface area contributed by atoms with E-state index in [2.05, 4.69) is 5.32 Å². The van der Waals surface area contributed by atoms with E-state index in [4.69, 9.17) is 16.3 Å². The minimum atomic E-state index is -0.789. The number of ether oxygens (including phenoxy) is 1. The van der Waals surface area contributed by atoms with Crippen LogP contribution in [0.5, 0.6) is 0 Å². The number of amides is 2. The van der Waals surface area contributed by atoms with E-state index in [-0.39, 0.29) is 16.5 Å². The van der Waals surface area contributed by atoms with E-state index in [9.17, 15) is 24.5 Å². The molecule has 9 nitrogen and oxygen atoms in total. The zero-order chi connectivity index (χ0) is 21.0. The van der Waals surface area contributed by atoms with Gasteiger partial charge >= 0.3 is 5.97 Å². The number of carbonyl (C=O) groups excluding carboxylic acids is 3. The van der Waals surface area contributed by atoms with Crippen LogP contribution >= 0.6 is 22.9 Å². The van der Waals surface area contributed by atoms with Crippen molar-refractivity contribution in [2.45, 2.75) is 13.0 Å². The summed E-state index contributed by atoms with van der Waals surface area (Å²) in [4.78, 5) is 49.1. The molecule has 0 fully saturated rings. The number of thiophene rings is 1. The summed E-state index contributed by atoms with van der Waals surface area (Å²) in [5.74, 6) is -1.80. The molecule has 3 rings (SSSR count). The second kappa shape index (κ2) is 9.01. The van der Waals surface area contributed by atoms with Gasteiger partial charge in [-0.15, -0.1) is 11.3 Å². The van der Waals surface area contributed by atoms with Crippen LogP contribution in [-0.4, -0.2) is 47.3 Å². The molecular formula is C18H16ClN3O6S. The molecule has 0 saturated carbocycles. The van der Waals surface area contributed by atoms with Gasteiger partial charge in [-0.25, -0.2) is 0 Å². The van der Waals surface area contributed by atoms with Gasteiger partial charge in [0.2, 0.25) is 0 Å². The normalized spacial score (nSPS) is 12.8. The van der Waals surface area contributed by atoms with E-state index in [1.807, 2.05) is 11.4 Å². The maximum absolute atomic E-state index is 12.2. The van der Waals surface area contributed by atoms with E-state index in [0.717, 1.165) is 18.1 Å². The van der Waals surface area contributed by atoms with Gasteiger partial charge in [-0.3, -0.25) is 24.5 Å². The Hall–Kier alpha value is -2.98. The molecular weight excluding hydrogens is 422 g/mol. The van der Waals surface area contributed by atoms with Crippen LogP contribution in [0, 0.1) is 10.1 Å². The summed E-state index contributed by atoms with van der Waals surface area (Å²) < 4.78 is 4.92. The van der Waals surface area contributed by atoms with Gasteiger partial charge in [-0.1, -0.05) is 11.6 Å². The Morgan fingerprint density at radius 2 is 2.10 bits per heavy atom. The van der Waals surface area contributed by atoms with Gasteiger partial charge in [0.05, 0.1) is 4.92 Å². The lowest BCUT2D eigenvalue weighted by atomic mass is 10.1. The van der Waals surface area contributed by atoms with Crippen LogP contribution in [-0.2, 0) is 27.3 Å². The summed E-state index contributed by atoms with van der Waals surface area (Å²) in [5.41, 5.74) is 0.665. The van der Waals surface area contributed by atoms with E-state index in [1.165, 1.54) is 17.0 Å². The summed E-state index contributed by atoms with van der Waals surface area (Å²) in [6.07, 6.45) is 0.774. The third-order valence-corrected chi connectivity index (χ3v) is 5.66. The predicted octanol–water partition coefficient (Wildman–Crippen LogP) is 2.17. The number of halogens is 1. The molecule has 1 N–H and O–H groups in total. The standard InChI is InChI=1S/C18H16ClN3O6S/c19-13-2-1-11(7-14(13)22(26)27)18(25)20-8-17(24)28-10-16(23)21-5-3-15-12(9-21)4-6-29-15/h1-2,4,6-7H,3,5,8-10H2,(H,20,25). The van der Waals surface area contributed by atoms with E-state index < -0.39 is 35.6 Å². The highest BCUT2D eigenvalue weighted by molar-refractivity contribution is 7.10. The third kappa shape index (κ3) is 5.09. The van der Waals surface area contributed by atoms with Crippen molar-refractivity contribution in [2.75, 3.05) is 19.7 Å². The Kier molecular flexibility index (Phi) is 6.45. The fourth-order valence-corrected chi connectivity index (χ4v) is 3.87. The van der Waals surface area contributed by atoms with Crippen molar-refractivity contribution in [1.29, 1.82) is 0 Å². The second-order valence-corrected chi connectivity index (χ2v) is 7.61. The van der Waals surface area contributed by atoms with Crippen LogP contribution in [0.15, 0.2) is 29.6 Å². The van der Waals surface area contributed by atoms with Gasteiger partial charge in [-0.05, 0) is 35.6 Å². The molecule has 0 aliphatic carbocycles. The van der Waals surface area contributed by atoms with Gasteiger partial charge in [0, 0.05) is 29.6 Å². The molecule has 2 amide bonds. The van der Waals surface area contributed by atoms with Crippen LogP contribution in [0.2, 0.25) is 5.02 Å². The highest BCUT2D eigenvalue weighted by Gasteiger charge is 2.22. The fraction of sp³-hybridized carbons (Fsp3) is 0.278. The largest absolute Gasteiger partial charge is 0.454 e. The first kappa shape index (κ1) is 20.7. The first-order valence-electron chi connectivity index (χ1n) is 8.56. The zero-order valence-corrected chi connectivity index (χ0v) is 16.6. The number of fused-ring (bicyclic) bond motifs is 1. The number of rotatable bonds is 6. The molecule has 29 heavy (non-hydrogen) atoms. The summed E-state index contributed by atoms with van der Waals surface area (Å²) in [5, 5.41) is 15.1. The number of hydrogen-bond acceptors (Lipinski definition) is 7.